The van der Waals surface area contributed by atoms with Crippen molar-refractivity contribution in [1.29, 1.82) is 0 Å². The second kappa shape index (κ2) is 8.78. The van der Waals surface area contributed by atoms with Crippen molar-refractivity contribution in [3.63, 3.8) is 0 Å². The Balaban J connectivity index is 1.37. The van der Waals surface area contributed by atoms with Crippen LogP contribution in [0.15, 0.2) is 30.7 Å². The van der Waals surface area contributed by atoms with Crippen molar-refractivity contribution >= 4 is 5.91 Å². The van der Waals surface area contributed by atoms with Gasteiger partial charge in [0.25, 0.3) is 0 Å². The zero-order valence-corrected chi connectivity index (χ0v) is 16.4. The number of amides is 1. The second-order valence-corrected chi connectivity index (χ2v) is 7.92. The summed E-state index contributed by atoms with van der Waals surface area (Å²) in [6.45, 7) is 3.42. The number of carbonyl (C=O) groups is 1. The van der Waals surface area contributed by atoms with E-state index in [2.05, 4.69) is 15.3 Å². The van der Waals surface area contributed by atoms with Crippen LogP contribution < -0.4 is 5.32 Å². The van der Waals surface area contributed by atoms with Crippen LogP contribution in [0.5, 0.6) is 0 Å². The van der Waals surface area contributed by atoms with Crippen LogP contribution in [0.1, 0.15) is 56.0 Å². The van der Waals surface area contributed by atoms with Crippen LogP contribution in [0, 0.1) is 12.8 Å². The molecule has 1 aliphatic carbocycles. The van der Waals surface area contributed by atoms with Crippen LogP contribution in [-0.2, 0) is 9.53 Å². The quantitative estimate of drug-likeness (QED) is 0.860. The number of nitrogens with one attached hydrogen (secondary N) is 1. The number of pyridine rings is 1. The minimum atomic E-state index is -0.233. The Morgan fingerprint density at radius 3 is 2.68 bits per heavy atom. The van der Waals surface area contributed by atoms with Crippen molar-refractivity contribution < 1.29 is 9.53 Å². The van der Waals surface area contributed by atoms with Gasteiger partial charge in [-0.25, -0.2) is 9.97 Å². The topological polar surface area (TPSA) is 77.0 Å². The molecule has 1 aliphatic heterocycles. The molecule has 4 rings (SSSR count). The molecule has 0 radical (unpaired) electrons. The maximum atomic E-state index is 12.2. The number of rotatable bonds is 5. The van der Waals surface area contributed by atoms with E-state index in [9.17, 15) is 4.79 Å². The molecule has 148 valence electrons. The molecule has 6 heteroatoms. The maximum Gasteiger partial charge on any atom is 0.249 e. The van der Waals surface area contributed by atoms with Crippen LogP contribution >= 0.6 is 0 Å². The average molecular weight is 380 g/mol. The smallest absolute Gasteiger partial charge is 0.249 e. The minimum Gasteiger partial charge on any atom is -0.368 e. The van der Waals surface area contributed by atoms with Gasteiger partial charge in [-0.2, -0.15) is 0 Å². The van der Waals surface area contributed by atoms with Crippen LogP contribution in [-0.4, -0.2) is 40.1 Å². The summed E-state index contributed by atoms with van der Waals surface area (Å²) in [5.74, 6) is 1.86. The van der Waals surface area contributed by atoms with E-state index in [0.29, 0.717) is 18.4 Å². The molecule has 1 atom stereocenters. The van der Waals surface area contributed by atoms with Crippen molar-refractivity contribution in [3.8, 4) is 11.1 Å². The molecular weight excluding hydrogens is 352 g/mol. The summed E-state index contributed by atoms with van der Waals surface area (Å²) in [6.07, 6.45) is 11.6. The van der Waals surface area contributed by atoms with Crippen molar-refractivity contribution in [3.05, 3.63) is 42.2 Å². The fraction of sp³-hybridized carbons (Fsp3) is 0.545. The SMILES string of the molecule is Cc1ncc(-c2ccncc2)c(C2CCC(CNC(=O)[C@H]3CCCO3)CC2)n1. The van der Waals surface area contributed by atoms with Gasteiger partial charge in [0.15, 0.2) is 0 Å². The lowest BCUT2D eigenvalue weighted by Crippen LogP contribution is -2.37. The summed E-state index contributed by atoms with van der Waals surface area (Å²) < 4.78 is 5.47. The zero-order chi connectivity index (χ0) is 19.3. The van der Waals surface area contributed by atoms with Gasteiger partial charge in [-0.05, 0) is 69.1 Å². The molecule has 6 nitrogen and oxygen atoms in total. The Bertz CT molecular complexity index is 797. The van der Waals surface area contributed by atoms with Crippen LogP contribution in [0.3, 0.4) is 0 Å². The highest BCUT2D eigenvalue weighted by Gasteiger charge is 2.28. The van der Waals surface area contributed by atoms with Gasteiger partial charge in [0.1, 0.15) is 11.9 Å². The molecule has 0 unspecified atom stereocenters. The van der Waals surface area contributed by atoms with Crippen molar-refractivity contribution in [2.75, 3.05) is 13.2 Å². The van der Waals surface area contributed by atoms with Gasteiger partial charge in [-0.1, -0.05) is 0 Å². The Morgan fingerprint density at radius 1 is 1.18 bits per heavy atom. The fourth-order valence-corrected chi connectivity index (χ4v) is 4.34. The van der Waals surface area contributed by atoms with E-state index in [1.54, 1.807) is 0 Å². The van der Waals surface area contributed by atoms with Crippen molar-refractivity contribution in [2.24, 2.45) is 5.92 Å². The van der Waals surface area contributed by atoms with Crippen molar-refractivity contribution in [1.82, 2.24) is 20.3 Å². The van der Waals surface area contributed by atoms with Gasteiger partial charge in [-0.15, -0.1) is 0 Å². The van der Waals surface area contributed by atoms with E-state index in [1.165, 1.54) is 0 Å². The predicted molar refractivity (Wildman–Crippen MR) is 107 cm³/mol. The van der Waals surface area contributed by atoms with E-state index < -0.39 is 0 Å². The average Bonchev–Trinajstić information content (AvgIpc) is 3.28. The molecule has 0 bridgehead atoms. The second-order valence-electron chi connectivity index (χ2n) is 7.92. The number of hydrogen-bond donors (Lipinski definition) is 1. The summed E-state index contributed by atoms with van der Waals surface area (Å²) in [5.41, 5.74) is 3.39. The lowest BCUT2D eigenvalue weighted by atomic mass is 9.79. The van der Waals surface area contributed by atoms with E-state index >= 15 is 0 Å². The number of hydrogen-bond acceptors (Lipinski definition) is 5. The highest BCUT2D eigenvalue weighted by atomic mass is 16.5. The molecular formula is C22H28N4O2. The van der Waals surface area contributed by atoms with Crippen molar-refractivity contribution in [2.45, 2.75) is 57.5 Å². The molecule has 2 fully saturated rings. The first-order valence-electron chi connectivity index (χ1n) is 10.3. The highest BCUT2D eigenvalue weighted by molar-refractivity contribution is 5.80. The first-order valence-corrected chi connectivity index (χ1v) is 10.3. The van der Waals surface area contributed by atoms with Gasteiger partial charge in [-0.3, -0.25) is 9.78 Å². The van der Waals surface area contributed by atoms with Gasteiger partial charge < -0.3 is 10.1 Å². The highest BCUT2D eigenvalue weighted by Crippen LogP contribution is 2.38. The van der Waals surface area contributed by atoms with Gasteiger partial charge >= 0.3 is 0 Å². The molecule has 3 heterocycles. The van der Waals surface area contributed by atoms with E-state index in [4.69, 9.17) is 9.72 Å². The number of ether oxygens (including phenoxy) is 1. The molecule has 1 N–H and O–H groups in total. The molecule has 0 spiro atoms. The van der Waals surface area contributed by atoms with Crippen LogP contribution in [0.4, 0.5) is 0 Å². The number of carbonyl (C=O) groups excluding carboxylic acids is 1. The number of nitrogens with zero attached hydrogens (tertiary/aromatic N) is 3. The lowest BCUT2D eigenvalue weighted by Gasteiger charge is -2.29. The first kappa shape index (κ1) is 19.0. The van der Waals surface area contributed by atoms with E-state index in [1.807, 2.05) is 37.6 Å². The standard InChI is InChI=1S/C22H28N4O2/c1-15-24-14-19(17-8-10-23-11-9-17)21(26-15)18-6-4-16(5-7-18)13-25-22(27)20-3-2-12-28-20/h8-11,14,16,18,20H,2-7,12-13H2,1H3,(H,25,27)/t16?,18?,20-/m1/s1. The first-order chi connectivity index (χ1) is 13.7. The molecule has 0 aromatic carbocycles. The summed E-state index contributed by atoms with van der Waals surface area (Å²) in [5, 5.41) is 3.10. The normalized spacial score (nSPS) is 24.8. The Labute approximate surface area is 166 Å². The summed E-state index contributed by atoms with van der Waals surface area (Å²) in [6, 6.07) is 4.04. The fourth-order valence-electron chi connectivity index (χ4n) is 4.34. The minimum absolute atomic E-state index is 0.0611. The lowest BCUT2D eigenvalue weighted by molar-refractivity contribution is -0.130. The Kier molecular flexibility index (Phi) is 5.95. The molecule has 1 saturated heterocycles. The molecule has 2 aromatic heterocycles. The summed E-state index contributed by atoms with van der Waals surface area (Å²) >= 11 is 0. The monoisotopic (exact) mass is 380 g/mol. The van der Waals surface area contributed by atoms with E-state index in [-0.39, 0.29) is 12.0 Å². The zero-order valence-electron chi connectivity index (χ0n) is 16.4. The number of aromatic nitrogens is 3. The maximum absolute atomic E-state index is 12.2. The van der Waals surface area contributed by atoms with Gasteiger partial charge in [0.2, 0.25) is 5.91 Å². The molecule has 2 aliphatic rings. The van der Waals surface area contributed by atoms with Crippen LogP contribution in [0.2, 0.25) is 0 Å². The van der Waals surface area contributed by atoms with Gasteiger partial charge in [0, 0.05) is 43.2 Å². The Morgan fingerprint density at radius 2 is 1.96 bits per heavy atom. The summed E-state index contributed by atoms with van der Waals surface area (Å²) in [7, 11) is 0. The third kappa shape index (κ3) is 4.38. The molecule has 28 heavy (non-hydrogen) atoms. The third-order valence-electron chi connectivity index (χ3n) is 5.95. The molecule has 2 aromatic rings. The third-order valence-corrected chi connectivity index (χ3v) is 5.95. The molecule has 1 amide bonds. The Hall–Kier alpha value is -2.34. The van der Waals surface area contributed by atoms with E-state index in [0.717, 1.165) is 67.7 Å². The van der Waals surface area contributed by atoms with Crippen LogP contribution in [0.25, 0.3) is 11.1 Å². The summed E-state index contributed by atoms with van der Waals surface area (Å²) in [4.78, 5) is 25.5. The largest absolute Gasteiger partial charge is 0.368 e. The number of aryl methyl sites for hydroxylation is 1. The van der Waals surface area contributed by atoms with Gasteiger partial charge in [0.05, 0.1) is 5.69 Å². The predicted octanol–water partition coefficient (Wildman–Crippen LogP) is 3.42. The molecule has 1 saturated carbocycles.